The van der Waals surface area contributed by atoms with E-state index in [0.717, 1.165) is 36.3 Å². The fourth-order valence-electron chi connectivity index (χ4n) is 5.72. The van der Waals surface area contributed by atoms with Crippen LogP contribution < -0.4 is 19.3 Å². The van der Waals surface area contributed by atoms with Gasteiger partial charge in [-0.3, -0.25) is 9.59 Å². The topological polar surface area (TPSA) is 68.3 Å². The molecule has 3 unspecified atom stereocenters. The van der Waals surface area contributed by atoms with Gasteiger partial charge in [0.2, 0.25) is 0 Å². The second-order valence-corrected chi connectivity index (χ2v) is 9.49. The second-order valence-electron chi connectivity index (χ2n) is 9.49. The summed E-state index contributed by atoms with van der Waals surface area (Å²) in [6.45, 7) is 4.21. The number of amides is 1. The van der Waals surface area contributed by atoms with E-state index in [0.29, 0.717) is 17.1 Å². The first-order chi connectivity index (χ1) is 17.9. The van der Waals surface area contributed by atoms with Crippen LogP contribution in [0.3, 0.4) is 0 Å². The first-order valence-electron chi connectivity index (χ1n) is 12.6. The zero-order chi connectivity index (χ0) is 26.1. The first-order valence-corrected chi connectivity index (χ1v) is 12.6. The number of rotatable bonds is 5. The van der Waals surface area contributed by atoms with Crippen molar-refractivity contribution in [3.63, 3.8) is 0 Å². The summed E-state index contributed by atoms with van der Waals surface area (Å²) in [6.07, 6.45) is 1.45. The number of fused-ring (bicyclic) bond motifs is 2. The molecule has 0 aromatic heterocycles. The van der Waals surface area contributed by atoms with Gasteiger partial charge in [0, 0.05) is 36.0 Å². The third-order valence-corrected chi connectivity index (χ3v) is 7.34. The van der Waals surface area contributed by atoms with E-state index >= 15 is 0 Å². The summed E-state index contributed by atoms with van der Waals surface area (Å²) in [7, 11) is 3.10. The van der Waals surface area contributed by atoms with E-state index in [1.165, 1.54) is 12.5 Å². The van der Waals surface area contributed by atoms with E-state index in [1.807, 2.05) is 37.3 Å². The van der Waals surface area contributed by atoms with E-state index < -0.39 is 12.1 Å². The number of nitrogens with zero attached hydrogens (tertiary/aromatic N) is 2. The number of benzene rings is 3. The molecule has 0 fully saturated rings. The van der Waals surface area contributed by atoms with Crippen LogP contribution in [0.4, 0.5) is 11.4 Å². The minimum absolute atomic E-state index is 0.199. The molecule has 0 N–H and O–H groups in total. The number of hydrogen-bond acceptors (Lipinski definition) is 6. The number of methoxy groups -OCH3 is 2. The van der Waals surface area contributed by atoms with Gasteiger partial charge in [0.15, 0.2) is 11.5 Å². The summed E-state index contributed by atoms with van der Waals surface area (Å²) < 4.78 is 16.8. The number of hydrogen-bond donors (Lipinski definition) is 0. The maximum absolute atomic E-state index is 14.0. The Hall–Kier alpha value is -4.00. The van der Waals surface area contributed by atoms with Crippen molar-refractivity contribution in [2.45, 2.75) is 44.9 Å². The standard InChI is InChI=1S/C30H32N2O5/c1-19-29(37-20(2)33)28(31-17-9-11-21-10-5-7-13-24(21)31)23-12-6-8-14-25(23)32(19)30(34)22-15-16-26(35-3)27(18-22)36-4/h5-8,10,12-16,18-19,28-29H,9,11,17H2,1-4H3. The molecular formula is C30H32N2O5. The summed E-state index contributed by atoms with van der Waals surface area (Å²) in [6, 6.07) is 20.8. The predicted octanol–water partition coefficient (Wildman–Crippen LogP) is 5.18. The Bertz CT molecular complexity index is 1320. The van der Waals surface area contributed by atoms with Crippen molar-refractivity contribution in [2.24, 2.45) is 0 Å². The van der Waals surface area contributed by atoms with Gasteiger partial charge in [0.05, 0.1) is 26.3 Å². The molecule has 192 valence electrons. The first kappa shape index (κ1) is 24.7. The monoisotopic (exact) mass is 500 g/mol. The fourth-order valence-corrected chi connectivity index (χ4v) is 5.72. The van der Waals surface area contributed by atoms with Crippen LogP contribution in [0.1, 0.15) is 47.8 Å². The summed E-state index contributed by atoms with van der Waals surface area (Å²) in [5.41, 5.74) is 4.66. The zero-order valence-corrected chi connectivity index (χ0v) is 21.6. The summed E-state index contributed by atoms with van der Waals surface area (Å²) in [5.74, 6) is 0.457. The van der Waals surface area contributed by atoms with Gasteiger partial charge in [-0.1, -0.05) is 36.4 Å². The molecule has 5 rings (SSSR count). The van der Waals surface area contributed by atoms with Crippen LogP contribution in [0.25, 0.3) is 0 Å². The highest BCUT2D eigenvalue weighted by molar-refractivity contribution is 6.08. The van der Waals surface area contributed by atoms with Crippen LogP contribution >= 0.6 is 0 Å². The molecule has 0 saturated heterocycles. The molecule has 0 spiro atoms. The molecule has 0 radical (unpaired) electrons. The molecule has 3 atom stereocenters. The number of anilines is 2. The Morgan fingerprint density at radius 1 is 0.892 bits per heavy atom. The maximum atomic E-state index is 14.0. The number of esters is 1. The number of carbonyl (C=O) groups excluding carboxylic acids is 2. The Balaban J connectivity index is 1.63. The van der Waals surface area contributed by atoms with Crippen LogP contribution in [0.15, 0.2) is 66.7 Å². The van der Waals surface area contributed by atoms with Crippen molar-refractivity contribution >= 4 is 23.3 Å². The molecule has 0 saturated carbocycles. The molecular weight excluding hydrogens is 468 g/mol. The molecule has 2 aliphatic rings. The molecule has 7 nitrogen and oxygen atoms in total. The van der Waals surface area contributed by atoms with Gasteiger partial charge in [-0.15, -0.1) is 0 Å². The molecule has 2 aliphatic heterocycles. The SMILES string of the molecule is COc1ccc(C(=O)N2c3ccccc3C(N3CCCc4ccccc43)C(OC(C)=O)C2C)cc1OC. The van der Waals surface area contributed by atoms with Gasteiger partial charge in [0.1, 0.15) is 6.10 Å². The van der Waals surface area contributed by atoms with Crippen molar-refractivity contribution in [1.82, 2.24) is 0 Å². The molecule has 7 heteroatoms. The predicted molar refractivity (Wildman–Crippen MR) is 143 cm³/mol. The lowest BCUT2D eigenvalue weighted by Gasteiger charge is -2.49. The van der Waals surface area contributed by atoms with Gasteiger partial charge in [0.25, 0.3) is 5.91 Å². The molecule has 0 aliphatic carbocycles. The van der Waals surface area contributed by atoms with E-state index in [2.05, 4.69) is 23.1 Å². The minimum Gasteiger partial charge on any atom is -0.493 e. The summed E-state index contributed by atoms with van der Waals surface area (Å²) in [5, 5.41) is 0. The minimum atomic E-state index is -0.567. The second kappa shape index (κ2) is 10.2. The van der Waals surface area contributed by atoms with Crippen LogP contribution in [0, 0.1) is 0 Å². The van der Waals surface area contributed by atoms with E-state index in [1.54, 1.807) is 37.3 Å². The highest BCUT2D eigenvalue weighted by atomic mass is 16.5. The van der Waals surface area contributed by atoms with Crippen LogP contribution in [0.2, 0.25) is 0 Å². The Morgan fingerprint density at radius 3 is 2.32 bits per heavy atom. The van der Waals surface area contributed by atoms with Crippen molar-refractivity contribution in [1.29, 1.82) is 0 Å². The quantitative estimate of drug-likeness (QED) is 0.450. The molecule has 0 bridgehead atoms. The Labute approximate surface area is 217 Å². The molecule has 1 amide bonds. The third-order valence-electron chi connectivity index (χ3n) is 7.34. The number of aryl methyl sites for hydroxylation is 1. The van der Waals surface area contributed by atoms with Gasteiger partial charge in [-0.2, -0.15) is 0 Å². The lowest BCUT2D eigenvalue weighted by Crippen LogP contribution is -2.57. The summed E-state index contributed by atoms with van der Waals surface area (Å²) >= 11 is 0. The van der Waals surface area contributed by atoms with Crippen LogP contribution in [-0.2, 0) is 16.0 Å². The van der Waals surface area contributed by atoms with E-state index in [4.69, 9.17) is 14.2 Å². The highest BCUT2D eigenvalue weighted by Gasteiger charge is 2.46. The van der Waals surface area contributed by atoms with Crippen LogP contribution in [-0.4, -0.2) is 44.8 Å². The van der Waals surface area contributed by atoms with Crippen molar-refractivity contribution in [3.8, 4) is 11.5 Å². The van der Waals surface area contributed by atoms with Crippen LogP contribution in [0.5, 0.6) is 11.5 Å². The van der Waals surface area contributed by atoms with Gasteiger partial charge < -0.3 is 24.0 Å². The zero-order valence-electron chi connectivity index (χ0n) is 21.6. The van der Waals surface area contributed by atoms with Crippen molar-refractivity contribution in [3.05, 3.63) is 83.4 Å². The fraction of sp³-hybridized carbons (Fsp3) is 0.333. The smallest absolute Gasteiger partial charge is 0.303 e. The highest BCUT2D eigenvalue weighted by Crippen LogP contribution is 2.46. The third kappa shape index (κ3) is 4.39. The molecule has 3 aromatic carbocycles. The molecule has 2 heterocycles. The summed E-state index contributed by atoms with van der Waals surface area (Å²) in [4.78, 5) is 30.5. The largest absolute Gasteiger partial charge is 0.493 e. The Morgan fingerprint density at radius 2 is 1.59 bits per heavy atom. The Kier molecular flexibility index (Phi) is 6.78. The number of para-hydroxylation sites is 2. The van der Waals surface area contributed by atoms with Crippen molar-refractivity contribution in [2.75, 3.05) is 30.6 Å². The maximum Gasteiger partial charge on any atom is 0.303 e. The average Bonchev–Trinajstić information content (AvgIpc) is 2.92. The van der Waals surface area contributed by atoms with E-state index in [9.17, 15) is 9.59 Å². The number of carbonyl (C=O) groups is 2. The van der Waals surface area contributed by atoms with E-state index in [-0.39, 0.29) is 17.9 Å². The van der Waals surface area contributed by atoms with Gasteiger partial charge >= 0.3 is 5.97 Å². The lowest BCUT2D eigenvalue weighted by molar-refractivity contribution is -0.148. The average molecular weight is 501 g/mol. The molecule has 3 aromatic rings. The van der Waals surface area contributed by atoms with Crippen molar-refractivity contribution < 1.29 is 23.8 Å². The normalized spacial score (nSPS) is 20.5. The number of ether oxygens (including phenoxy) is 3. The van der Waals surface area contributed by atoms with Gasteiger partial charge in [-0.05, 0) is 55.7 Å². The van der Waals surface area contributed by atoms with Gasteiger partial charge in [-0.25, -0.2) is 0 Å². The lowest BCUT2D eigenvalue weighted by atomic mass is 9.85. The molecule has 37 heavy (non-hydrogen) atoms.